The van der Waals surface area contributed by atoms with Gasteiger partial charge in [-0.2, -0.15) is 0 Å². The van der Waals surface area contributed by atoms with E-state index in [2.05, 4.69) is 10.2 Å². The second-order valence-electron chi connectivity index (χ2n) is 5.83. The van der Waals surface area contributed by atoms with E-state index in [1.165, 1.54) is 6.07 Å². The number of hydrogen-bond donors (Lipinski definition) is 1. The van der Waals surface area contributed by atoms with E-state index in [0.29, 0.717) is 0 Å². The van der Waals surface area contributed by atoms with Gasteiger partial charge in [0.05, 0.1) is 6.04 Å². The third-order valence-corrected chi connectivity index (χ3v) is 4.29. The molecule has 0 spiro atoms. The van der Waals surface area contributed by atoms with E-state index < -0.39 is 23.5 Å². The minimum Gasteiger partial charge on any atom is -0.311 e. The van der Waals surface area contributed by atoms with Crippen molar-refractivity contribution in [1.29, 1.82) is 0 Å². The van der Waals surface area contributed by atoms with Gasteiger partial charge in [0.25, 0.3) is 0 Å². The molecule has 1 aliphatic rings. The fourth-order valence-corrected chi connectivity index (χ4v) is 3.13. The Kier molecular flexibility index (Phi) is 4.39. The number of benzene rings is 1. The van der Waals surface area contributed by atoms with Crippen LogP contribution in [0.25, 0.3) is 0 Å². The van der Waals surface area contributed by atoms with Crippen molar-refractivity contribution in [3.8, 4) is 0 Å². The number of nitrogens with zero attached hydrogens (tertiary/aromatic N) is 1. The highest BCUT2D eigenvalue weighted by atomic mass is 19.2. The zero-order valence-corrected chi connectivity index (χ0v) is 12.1. The molecule has 1 aromatic rings. The zero-order chi connectivity index (χ0) is 14.9. The number of likely N-dealkylation sites (N-methyl/N-ethyl adjacent to an activating group) is 1. The molecule has 1 saturated heterocycles. The van der Waals surface area contributed by atoms with Gasteiger partial charge in [-0.15, -0.1) is 0 Å². The van der Waals surface area contributed by atoms with Crippen molar-refractivity contribution in [2.24, 2.45) is 0 Å². The minimum atomic E-state index is -1.40. The Morgan fingerprint density at radius 3 is 2.25 bits per heavy atom. The molecule has 1 atom stereocenters. The van der Waals surface area contributed by atoms with Crippen LogP contribution in [0, 0.1) is 17.5 Å². The molecule has 1 unspecified atom stereocenters. The monoisotopic (exact) mass is 286 g/mol. The highest BCUT2D eigenvalue weighted by Gasteiger charge is 2.38. The van der Waals surface area contributed by atoms with Gasteiger partial charge in [-0.05, 0) is 52.9 Å². The lowest BCUT2D eigenvalue weighted by Crippen LogP contribution is -2.51. The Labute approximate surface area is 118 Å². The molecule has 2 rings (SSSR count). The summed E-state index contributed by atoms with van der Waals surface area (Å²) in [7, 11) is 1.71. The second-order valence-corrected chi connectivity index (χ2v) is 5.83. The van der Waals surface area contributed by atoms with E-state index in [9.17, 15) is 13.2 Å². The molecule has 2 nitrogen and oxygen atoms in total. The highest BCUT2D eigenvalue weighted by molar-refractivity contribution is 5.26. The number of likely N-dealkylation sites (tertiary alicyclic amines) is 1. The van der Waals surface area contributed by atoms with Crippen LogP contribution in [0.3, 0.4) is 0 Å². The van der Waals surface area contributed by atoms with Crippen molar-refractivity contribution in [1.82, 2.24) is 10.2 Å². The molecule has 1 heterocycles. The molecule has 1 fully saturated rings. The van der Waals surface area contributed by atoms with Gasteiger partial charge in [0, 0.05) is 11.1 Å². The van der Waals surface area contributed by atoms with Crippen LogP contribution in [-0.2, 0) is 0 Å². The summed E-state index contributed by atoms with van der Waals surface area (Å²) in [4.78, 5) is 2.26. The molecule has 1 aromatic carbocycles. The maximum atomic E-state index is 14.0. The smallest absolute Gasteiger partial charge is 0.194 e. The topological polar surface area (TPSA) is 15.3 Å². The summed E-state index contributed by atoms with van der Waals surface area (Å²) in [5, 5.41) is 3.05. The van der Waals surface area contributed by atoms with Crippen LogP contribution in [-0.4, -0.2) is 30.6 Å². The first-order chi connectivity index (χ1) is 9.39. The highest BCUT2D eigenvalue weighted by Crippen LogP contribution is 2.35. The Morgan fingerprint density at radius 1 is 1.10 bits per heavy atom. The predicted octanol–water partition coefficient (Wildman–Crippen LogP) is 3.24. The van der Waals surface area contributed by atoms with Gasteiger partial charge >= 0.3 is 0 Å². The van der Waals surface area contributed by atoms with Crippen molar-refractivity contribution >= 4 is 0 Å². The normalized spacial score (nSPS) is 18.5. The van der Waals surface area contributed by atoms with Crippen molar-refractivity contribution in [2.45, 2.75) is 38.3 Å². The molecule has 0 radical (unpaired) electrons. The first-order valence-corrected chi connectivity index (χ1v) is 6.95. The minimum absolute atomic E-state index is 0.170. The van der Waals surface area contributed by atoms with Crippen molar-refractivity contribution in [2.75, 3.05) is 20.1 Å². The van der Waals surface area contributed by atoms with Gasteiger partial charge in [0.2, 0.25) is 0 Å². The molecule has 1 aliphatic heterocycles. The molecule has 20 heavy (non-hydrogen) atoms. The molecule has 0 aliphatic carbocycles. The lowest BCUT2D eigenvalue weighted by molar-refractivity contribution is 0.108. The number of hydrogen-bond acceptors (Lipinski definition) is 2. The van der Waals surface area contributed by atoms with E-state index in [0.717, 1.165) is 32.0 Å². The third-order valence-electron chi connectivity index (χ3n) is 4.29. The SMILES string of the molecule is CNC(c1ccc(F)c(F)c1F)C(C)(C)N1CCCC1. The molecule has 1 N–H and O–H groups in total. The lowest BCUT2D eigenvalue weighted by Gasteiger charge is -2.42. The van der Waals surface area contributed by atoms with Crippen LogP contribution in [0.2, 0.25) is 0 Å². The Balaban J connectivity index is 2.39. The Bertz CT molecular complexity index is 482. The van der Waals surface area contributed by atoms with Gasteiger partial charge in [0.15, 0.2) is 17.5 Å². The standard InChI is InChI=1S/C15H21F3N2/c1-15(2,20-8-4-5-9-20)14(19-3)10-6-7-11(16)13(18)12(10)17/h6-7,14,19H,4-5,8-9H2,1-3H3. The van der Waals surface area contributed by atoms with Gasteiger partial charge in [-0.1, -0.05) is 6.07 Å². The number of rotatable bonds is 4. The molecule has 0 saturated carbocycles. The summed E-state index contributed by atoms with van der Waals surface area (Å²) in [5.74, 6) is -3.66. The van der Waals surface area contributed by atoms with Crippen LogP contribution in [0.4, 0.5) is 13.2 Å². The van der Waals surface area contributed by atoms with E-state index in [1.54, 1.807) is 7.05 Å². The predicted molar refractivity (Wildman–Crippen MR) is 73.0 cm³/mol. The summed E-state index contributed by atoms with van der Waals surface area (Å²) < 4.78 is 40.6. The molecule has 112 valence electrons. The first kappa shape index (κ1) is 15.3. The summed E-state index contributed by atoms with van der Waals surface area (Å²) in [5.41, 5.74) is -0.209. The van der Waals surface area contributed by atoms with Gasteiger partial charge in [-0.3, -0.25) is 4.90 Å². The average molecular weight is 286 g/mol. The Morgan fingerprint density at radius 2 is 1.70 bits per heavy atom. The van der Waals surface area contributed by atoms with E-state index in [-0.39, 0.29) is 11.1 Å². The van der Waals surface area contributed by atoms with Crippen molar-refractivity contribution < 1.29 is 13.2 Å². The van der Waals surface area contributed by atoms with Gasteiger partial charge < -0.3 is 5.32 Å². The average Bonchev–Trinajstić information content (AvgIpc) is 2.94. The molecular formula is C15H21F3N2. The fourth-order valence-electron chi connectivity index (χ4n) is 3.13. The van der Waals surface area contributed by atoms with Crippen LogP contribution >= 0.6 is 0 Å². The third kappa shape index (κ3) is 2.56. The molecular weight excluding hydrogens is 265 g/mol. The van der Waals surface area contributed by atoms with E-state index >= 15 is 0 Å². The summed E-state index contributed by atoms with van der Waals surface area (Å²) in [6, 6.07) is 1.90. The van der Waals surface area contributed by atoms with Crippen molar-refractivity contribution in [3.05, 3.63) is 35.1 Å². The number of nitrogens with one attached hydrogen (secondary N) is 1. The van der Waals surface area contributed by atoms with Crippen LogP contribution in [0.1, 0.15) is 38.3 Å². The van der Waals surface area contributed by atoms with Crippen LogP contribution < -0.4 is 5.32 Å². The maximum absolute atomic E-state index is 14.0. The maximum Gasteiger partial charge on any atom is 0.194 e. The molecule has 0 amide bonds. The summed E-state index contributed by atoms with van der Waals surface area (Å²) in [6.07, 6.45) is 2.22. The fraction of sp³-hybridized carbons (Fsp3) is 0.600. The van der Waals surface area contributed by atoms with Crippen LogP contribution in [0.15, 0.2) is 12.1 Å². The largest absolute Gasteiger partial charge is 0.311 e. The quantitative estimate of drug-likeness (QED) is 0.855. The van der Waals surface area contributed by atoms with E-state index in [4.69, 9.17) is 0 Å². The van der Waals surface area contributed by atoms with Crippen molar-refractivity contribution in [3.63, 3.8) is 0 Å². The summed E-state index contributed by atoms with van der Waals surface area (Å²) >= 11 is 0. The van der Waals surface area contributed by atoms with Gasteiger partial charge in [-0.25, -0.2) is 13.2 Å². The summed E-state index contributed by atoms with van der Waals surface area (Å²) in [6.45, 7) is 5.88. The Hall–Kier alpha value is -1.07. The number of halogens is 3. The second kappa shape index (κ2) is 5.74. The van der Waals surface area contributed by atoms with Crippen LogP contribution in [0.5, 0.6) is 0 Å². The lowest BCUT2D eigenvalue weighted by atomic mass is 9.86. The van der Waals surface area contributed by atoms with E-state index in [1.807, 2.05) is 13.8 Å². The molecule has 5 heteroatoms. The van der Waals surface area contributed by atoms with Gasteiger partial charge in [0.1, 0.15) is 0 Å². The zero-order valence-electron chi connectivity index (χ0n) is 12.1. The first-order valence-electron chi connectivity index (χ1n) is 6.95. The molecule has 0 aromatic heterocycles. The molecule has 0 bridgehead atoms.